The zero-order valence-corrected chi connectivity index (χ0v) is 7.09. The topological polar surface area (TPSA) is 52.0 Å². The summed E-state index contributed by atoms with van der Waals surface area (Å²) in [6.07, 6.45) is 1.80. The molecule has 0 bridgehead atoms. The molecule has 0 fully saturated rings. The van der Waals surface area contributed by atoms with E-state index in [-0.39, 0.29) is 0 Å². The van der Waals surface area contributed by atoms with Gasteiger partial charge in [0.25, 0.3) is 0 Å². The van der Waals surface area contributed by atoms with Crippen LogP contribution >= 0.6 is 0 Å². The molecule has 0 aliphatic heterocycles. The lowest BCUT2D eigenvalue weighted by atomic mass is 10.1. The molecule has 1 rings (SSSR count). The van der Waals surface area contributed by atoms with Gasteiger partial charge in [0.2, 0.25) is 0 Å². The average Bonchev–Trinajstić information content (AvgIpc) is 2.16. The van der Waals surface area contributed by atoms with Gasteiger partial charge in [-0.15, -0.1) is 0 Å². The van der Waals surface area contributed by atoms with Gasteiger partial charge in [0, 0.05) is 13.1 Å². The quantitative estimate of drug-likeness (QED) is 0.702. The van der Waals surface area contributed by atoms with Crippen LogP contribution in [0.25, 0.3) is 6.08 Å². The molecule has 0 saturated heterocycles. The standard InChI is InChI=1S/C10H14N2/c1-2-8-3-9(6-11)5-10(4-8)7-12/h2-5H,1,6-7,11-12H2. The zero-order valence-electron chi connectivity index (χ0n) is 7.09. The molecule has 0 radical (unpaired) electrons. The summed E-state index contributed by atoms with van der Waals surface area (Å²) < 4.78 is 0. The Kier molecular flexibility index (Phi) is 3.02. The van der Waals surface area contributed by atoms with E-state index in [1.807, 2.05) is 18.2 Å². The Morgan fingerprint density at radius 2 is 1.58 bits per heavy atom. The van der Waals surface area contributed by atoms with Gasteiger partial charge in [-0.3, -0.25) is 0 Å². The van der Waals surface area contributed by atoms with Gasteiger partial charge in [-0.1, -0.05) is 30.9 Å². The highest BCUT2D eigenvalue weighted by Gasteiger charge is 1.95. The second kappa shape index (κ2) is 4.04. The van der Waals surface area contributed by atoms with Crippen molar-refractivity contribution in [3.63, 3.8) is 0 Å². The molecule has 0 atom stereocenters. The molecule has 0 heterocycles. The minimum absolute atomic E-state index is 0.550. The molecule has 64 valence electrons. The first-order valence-corrected chi connectivity index (χ1v) is 3.95. The summed E-state index contributed by atoms with van der Waals surface area (Å²) in [5, 5.41) is 0. The van der Waals surface area contributed by atoms with Crippen LogP contribution in [0.3, 0.4) is 0 Å². The second-order valence-corrected chi connectivity index (χ2v) is 2.70. The van der Waals surface area contributed by atoms with E-state index in [0.29, 0.717) is 13.1 Å². The van der Waals surface area contributed by atoms with E-state index in [4.69, 9.17) is 11.5 Å². The number of hydrogen-bond acceptors (Lipinski definition) is 2. The molecular weight excluding hydrogens is 148 g/mol. The van der Waals surface area contributed by atoms with Crippen LogP contribution < -0.4 is 11.5 Å². The van der Waals surface area contributed by atoms with E-state index in [1.54, 1.807) is 6.08 Å². The number of nitrogens with two attached hydrogens (primary N) is 2. The molecule has 0 saturated carbocycles. The molecule has 0 aromatic heterocycles. The maximum Gasteiger partial charge on any atom is 0.0178 e. The van der Waals surface area contributed by atoms with E-state index in [9.17, 15) is 0 Å². The summed E-state index contributed by atoms with van der Waals surface area (Å²) in [4.78, 5) is 0. The maximum atomic E-state index is 5.52. The molecule has 4 N–H and O–H groups in total. The van der Waals surface area contributed by atoms with Gasteiger partial charge in [0.15, 0.2) is 0 Å². The highest BCUT2D eigenvalue weighted by atomic mass is 14.5. The van der Waals surface area contributed by atoms with Crippen LogP contribution in [0.1, 0.15) is 16.7 Å². The Balaban J connectivity index is 3.09. The molecule has 0 aliphatic carbocycles. The van der Waals surface area contributed by atoms with Gasteiger partial charge in [-0.25, -0.2) is 0 Å². The van der Waals surface area contributed by atoms with E-state index in [2.05, 4.69) is 6.58 Å². The van der Waals surface area contributed by atoms with Crippen LogP contribution in [0.5, 0.6) is 0 Å². The van der Waals surface area contributed by atoms with Crippen molar-refractivity contribution in [2.24, 2.45) is 11.5 Å². The van der Waals surface area contributed by atoms with Crippen LogP contribution in [0.2, 0.25) is 0 Å². The van der Waals surface area contributed by atoms with Crippen LogP contribution in [-0.4, -0.2) is 0 Å². The van der Waals surface area contributed by atoms with Gasteiger partial charge in [-0.2, -0.15) is 0 Å². The van der Waals surface area contributed by atoms with Crippen molar-refractivity contribution >= 4 is 6.08 Å². The highest BCUT2D eigenvalue weighted by molar-refractivity contribution is 5.50. The third-order valence-electron chi connectivity index (χ3n) is 1.78. The van der Waals surface area contributed by atoms with Gasteiger partial charge in [0.1, 0.15) is 0 Å². The van der Waals surface area contributed by atoms with Gasteiger partial charge >= 0.3 is 0 Å². The molecule has 1 aromatic rings. The van der Waals surface area contributed by atoms with E-state index >= 15 is 0 Å². The minimum Gasteiger partial charge on any atom is -0.326 e. The predicted octanol–water partition coefficient (Wildman–Crippen LogP) is 1.25. The maximum absolute atomic E-state index is 5.52. The van der Waals surface area contributed by atoms with E-state index in [1.165, 1.54) is 0 Å². The molecular formula is C10H14N2. The summed E-state index contributed by atoms with van der Waals surface area (Å²) in [7, 11) is 0. The third kappa shape index (κ3) is 1.94. The first kappa shape index (κ1) is 8.97. The monoisotopic (exact) mass is 162 g/mol. The Bertz CT molecular complexity index is 257. The second-order valence-electron chi connectivity index (χ2n) is 2.70. The molecule has 0 unspecified atom stereocenters. The summed E-state index contributed by atoms with van der Waals surface area (Å²) in [6.45, 7) is 4.80. The fraction of sp³-hybridized carbons (Fsp3) is 0.200. The first-order valence-electron chi connectivity index (χ1n) is 3.95. The third-order valence-corrected chi connectivity index (χ3v) is 1.78. The largest absolute Gasteiger partial charge is 0.326 e. The van der Waals surface area contributed by atoms with E-state index in [0.717, 1.165) is 16.7 Å². The highest BCUT2D eigenvalue weighted by Crippen LogP contribution is 2.10. The van der Waals surface area contributed by atoms with Crippen molar-refractivity contribution in [1.29, 1.82) is 0 Å². The Labute approximate surface area is 72.9 Å². The van der Waals surface area contributed by atoms with Crippen LogP contribution in [0, 0.1) is 0 Å². The molecule has 0 amide bonds. The van der Waals surface area contributed by atoms with Crippen molar-refractivity contribution in [2.75, 3.05) is 0 Å². The number of rotatable bonds is 3. The SMILES string of the molecule is C=Cc1cc(CN)cc(CN)c1. The van der Waals surface area contributed by atoms with Crippen LogP contribution in [-0.2, 0) is 13.1 Å². The lowest BCUT2D eigenvalue weighted by Gasteiger charge is -2.03. The lowest BCUT2D eigenvalue weighted by Crippen LogP contribution is -2.01. The summed E-state index contributed by atoms with van der Waals surface area (Å²) in [6, 6.07) is 6.06. The van der Waals surface area contributed by atoms with Crippen molar-refractivity contribution in [3.8, 4) is 0 Å². The summed E-state index contributed by atoms with van der Waals surface area (Å²) in [5.74, 6) is 0. The van der Waals surface area contributed by atoms with Crippen LogP contribution in [0.4, 0.5) is 0 Å². The van der Waals surface area contributed by atoms with Crippen molar-refractivity contribution in [3.05, 3.63) is 41.5 Å². The van der Waals surface area contributed by atoms with Gasteiger partial charge in [-0.05, 0) is 16.7 Å². The molecule has 0 aliphatic rings. The van der Waals surface area contributed by atoms with Crippen molar-refractivity contribution in [2.45, 2.75) is 13.1 Å². The van der Waals surface area contributed by atoms with Gasteiger partial charge < -0.3 is 11.5 Å². The predicted molar refractivity (Wildman–Crippen MR) is 52.3 cm³/mol. The summed E-state index contributed by atoms with van der Waals surface area (Å²) >= 11 is 0. The Morgan fingerprint density at radius 1 is 1.08 bits per heavy atom. The van der Waals surface area contributed by atoms with Crippen molar-refractivity contribution in [1.82, 2.24) is 0 Å². The minimum atomic E-state index is 0.550. The van der Waals surface area contributed by atoms with E-state index < -0.39 is 0 Å². The first-order chi connectivity index (χ1) is 5.80. The normalized spacial score (nSPS) is 9.83. The molecule has 2 nitrogen and oxygen atoms in total. The van der Waals surface area contributed by atoms with Crippen molar-refractivity contribution < 1.29 is 0 Å². The smallest absolute Gasteiger partial charge is 0.0178 e. The van der Waals surface area contributed by atoms with Crippen LogP contribution in [0.15, 0.2) is 24.8 Å². The van der Waals surface area contributed by atoms with Gasteiger partial charge in [0.05, 0.1) is 0 Å². The lowest BCUT2D eigenvalue weighted by molar-refractivity contribution is 1.02. The molecule has 12 heavy (non-hydrogen) atoms. The fourth-order valence-electron chi connectivity index (χ4n) is 1.14. The zero-order chi connectivity index (χ0) is 8.97. The molecule has 1 aromatic carbocycles. The summed E-state index contributed by atoms with van der Waals surface area (Å²) in [5.41, 5.74) is 14.3. The molecule has 2 heteroatoms. The molecule has 0 spiro atoms. The Morgan fingerprint density at radius 3 is 1.92 bits per heavy atom. The Hall–Kier alpha value is -1.12. The number of benzene rings is 1. The average molecular weight is 162 g/mol. The number of hydrogen-bond donors (Lipinski definition) is 2. The fourth-order valence-corrected chi connectivity index (χ4v) is 1.14.